The number of aromatic nitrogens is 2. The van der Waals surface area contributed by atoms with Crippen LogP contribution in [0.15, 0.2) is 6.07 Å². The standard InChI is InChI=1S/C13H22N4O/c1-13(2,3)10-7-11(17-16-10)15-12(18)8-4-5-9(14)6-8/h7-9H,4-6,14H2,1-3H3,(H2,15,16,17,18). The predicted octanol–water partition coefficient (Wildman–Crippen LogP) is 1.77. The summed E-state index contributed by atoms with van der Waals surface area (Å²) in [6.45, 7) is 6.30. The fourth-order valence-corrected chi connectivity index (χ4v) is 2.25. The molecule has 1 aliphatic carbocycles. The maximum Gasteiger partial charge on any atom is 0.228 e. The highest BCUT2D eigenvalue weighted by Crippen LogP contribution is 2.26. The normalized spacial score (nSPS) is 24.2. The Labute approximate surface area is 108 Å². The smallest absolute Gasteiger partial charge is 0.228 e. The number of carbonyl (C=O) groups is 1. The van der Waals surface area contributed by atoms with Crippen LogP contribution in [0, 0.1) is 5.92 Å². The summed E-state index contributed by atoms with van der Waals surface area (Å²) in [7, 11) is 0. The molecule has 0 saturated heterocycles. The van der Waals surface area contributed by atoms with E-state index in [2.05, 4.69) is 36.3 Å². The summed E-state index contributed by atoms with van der Waals surface area (Å²) < 4.78 is 0. The molecule has 100 valence electrons. The molecule has 2 rings (SSSR count). The number of anilines is 1. The molecule has 0 aliphatic heterocycles. The highest BCUT2D eigenvalue weighted by atomic mass is 16.2. The number of hydrogen-bond acceptors (Lipinski definition) is 3. The van der Waals surface area contributed by atoms with Crippen molar-refractivity contribution in [1.29, 1.82) is 0 Å². The van der Waals surface area contributed by atoms with Crippen LogP contribution in [-0.4, -0.2) is 22.1 Å². The Balaban J connectivity index is 1.97. The molecule has 1 heterocycles. The lowest BCUT2D eigenvalue weighted by Gasteiger charge is -2.14. The summed E-state index contributed by atoms with van der Waals surface area (Å²) in [5, 5.41) is 9.95. The number of H-pyrrole nitrogens is 1. The maximum absolute atomic E-state index is 12.0. The number of aromatic amines is 1. The van der Waals surface area contributed by atoms with Crippen molar-refractivity contribution >= 4 is 11.7 Å². The van der Waals surface area contributed by atoms with E-state index in [1.807, 2.05) is 6.07 Å². The molecule has 0 radical (unpaired) electrons. The van der Waals surface area contributed by atoms with Crippen molar-refractivity contribution in [3.8, 4) is 0 Å². The Morgan fingerprint density at radius 3 is 2.72 bits per heavy atom. The van der Waals surface area contributed by atoms with Crippen molar-refractivity contribution in [2.24, 2.45) is 11.7 Å². The van der Waals surface area contributed by atoms with Gasteiger partial charge in [0, 0.05) is 29.1 Å². The first kappa shape index (κ1) is 13.1. The van der Waals surface area contributed by atoms with Gasteiger partial charge in [0.2, 0.25) is 5.91 Å². The van der Waals surface area contributed by atoms with Crippen molar-refractivity contribution in [2.45, 2.75) is 51.5 Å². The molecule has 2 atom stereocenters. The number of amides is 1. The van der Waals surface area contributed by atoms with E-state index in [4.69, 9.17) is 5.73 Å². The molecule has 0 spiro atoms. The van der Waals surface area contributed by atoms with Crippen LogP contribution in [0.4, 0.5) is 5.82 Å². The molecule has 2 unspecified atom stereocenters. The zero-order valence-corrected chi connectivity index (χ0v) is 11.3. The molecule has 1 aromatic heterocycles. The first-order valence-electron chi connectivity index (χ1n) is 6.48. The van der Waals surface area contributed by atoms with E-state index in [0.29, 0.717) is 5.82 Å². The summed E-state index contributed by atoms with van der Waals surface area (Å²) in [6.07, 6.45) is 2.60. The van der Waals surface area contributed by atoms with Crippen molar-refractivity contribution in [3.05, 3.63) is 11.8 Å². The van der Waals surface area contributed by atoms with Gasteiger partial charge in [0.15, 0.2) is 5.82 Å². The highest BCUT2D eigenvalue weighted by molar-refractivity contribution is 5.91. The second-order valence-corrected chi connectivity index (χ2v) is 6.18. The highest BCUT2D eigenvalue weighted by Gasteiger charge is 2.28. The second kappa shape index (κ2) is 4.72. The minimum absolute atomic E-state index is 0.00565. The summed E-state index contributed by atoms with van der Waals surface area (Å²) >= 11 is 0. The molecule has 5 heteroatoms. The average molecular weight is 250 g/mol. The van der Waals surface area contributed by atoms with Gasteiger partial charge in [-0.25, -0.2) is 0 Å². The molecule has 1 saturated carbocycles. The largest absolute Gasteiger partial charge is 0.328 e. The van der Waals surface area contributed by atoms with Gasteiger partial charge in [0.05, 0.1) is 0 Å². The zero-order valence-electron chi connectivity index (χ0n) is 11.3. The van der Waals surface area contributed by atoms with E-state index in [9.17, 15) is 4.79 Å². The fraction of sp³-hybridized carbons (Fsp3) is 0.692. The van der Waals surface area contributed by atoms with Crippen molar-refractivity contribution in [2.75, 3.05) is 5.32 Å². The van der Waals surface area contributed by atoms with Gasteiger partial charge in [0.1, 0.15) is 0 Å². The van der Waals surface area contributed by atoms with Gasteiger partial charge in [-0.15, -0.1) is 0 Å². The molecular formula is C13H22N4O. The Kier molecular flexibility index (Phi) is 3.43. The molecule has 1 aromatic rings. The monoisotopic (exact) mass is 250 g/mol. The van der Waals surface area contributed by atoms with E-state index in [1.54, 1.807) is 0 Å². The number of rotatable bonds is 2. The summed E-state index contributed by atoms with van der Waals surface area (Å²) in [4.78, 5) is 12.0. The molecule has 1 amide bonds. The van der Waals surface area contributed by atoms with Gasteiger partial charge in [-0.05, 0) is 19.3 Å². The third kappa shape index (κ3) is 2.90. The van der Waals surface area contributed by atoms with Gasteiger partial charge in [0.25, 0.3) is 0 Å². The van der Waals surface area contributed by atoms with E-state index >= 15 is 0 Å². The average Bonchev–Trinajstić information content (AvgIpc) is 2.85. The van der Waals surface area contributed by atoms with Gasteiger partial charge in [-0.1, -0.05) is 20.8 Å². The molecule has 18 heavy (non-hydrogen) atoms. The van der Waals surface area contributed by atoms with Gasteiger partial charge >= 0.3 is 0 Å². The zero-order chi connectivity index (χ0) is 13.3. The number of carbonyl (C=O) groups excluding carboxylic acids is 1. The maximum atomic E-state index is 12.0. The first-order valence-corrected chi connectivity index (χ1v) is 6.48. The number of nitrogens with two attached hydrogens (primary N) is 1. The molecule has 1 fully saturated rings. The van der Waals surface area contributed by atoms with Crippen LogP contribution in [-0.2, 0) is 10.2 Å². The van der Waals surface area contributed by atoms with Crippen LogP contribution in [0.25, 0.3) is 0 Å². The quantitative estimate of drug-likeness (QED) is 0.748. The van der Waals surface area contributed by atoms with Crippen molar-refractivity contribution in [3.63, 3.8) is 0 Å². The van der Waals surface area contributed by atoms with Crippen LogP contribution in [0.3, 0.4) is 0 Å². The molecule has 0 aromatic carbocycles. The molecule has 4 N–H and O–H groups in total. The third-order valence-electron chi connectivity index (χ3n) is 3.48. The number of nitrogens with zero attached hydrogens (tertiary/aromatic N) is 1. The second-order valence-electron chi connectivity index (χ2n) is 6.18. The predicted molar refractivity (Wildman–Crippen MR) is 71.2 cm³/mol. The lowest BCUT2D eigenvalue weighted by Crippen LogP contribution is -2.23. The summed E-state index contributed by atoms with van der Waals surface area (Å²) in [5.74, 6) is 0.676. The lowest BCUT2D eigenvalue weighted by atomic mass is 9.92. The molecule has 0 bridgehead atoms. The Morgan fingerprint density at radius 1 is 1.50 bits per heavy atom. The number of nitrogens with one attached hydrogen (secondary N) is 2. The van der Waals surface area contributed by atoms with E-state index in [-0.39, 0.29) is 23.3 Å². The van der Waals surface area contributed by atoms with Crippen LogP contribution < -0.4 is 11.1 Å². The SMILES string of the molecule is CC(C)(C)c1cc(NC(=O)C2CCC(N)C2)n[nH]1. The fourth-order valence-electron chi connectivity index (χ4n) is 2.25. The van der Waals surface area contributed by atoms with Gasteiger partial charge in [-0.2, -0.15) is 5.10 Å². The first-order chi connectivity index (χ1) is 8.36. The summed E-state index contributed by atoms with van der Waals surface area (Å²) in [6, 6.07) is 2.07. The third-order valence-corrected chi connectivity index (χ3v) is 3.48. The topological polar surface area (TPSA) is 83.8 Å². The van der Waals surface area contributed by atoms with Crippen LogP contribution in [0.2, 0.25) is 0 Å². The Hall–Kier alpha value is -1.36. The van der Waals surface area contributed by atoms with Gasteiger partial charge < -0.3 is 11.1 Å². The van der Waals surface area contributed by atoms with Crippen molar-refractivity contribution in [1.82, 2.24) is 10.2 Å². The molecular weight excluding hydrogens is 228 g/mol. The van der Waals surface area contributed by atoms with Crippen molar-refractivity contribution < 1.29 is 4.79 Å². The van der Waals surface area contributed by atoms with E-state index < -0.39 is 0 Å². The number of hydrogen-bond donors (Lipinski definition) is 3. The lowest BCUT2D eigenvalue weighted by molar-refractivity contribution is -0.119. The van der Waals surface area contributed by atoms with E-state index in [0.717, 1.165) is 25.0 Å². The minimum atomic E-state index is 0.00565. The Bertz CT molecular complexity index is 432. The minimum Gasteiger partial charge on any atom is -0.328 e. The van der Waals surface area contributed by atoms with Crippen LogP contribution in [0.1, 0.15) is 45.7 Å². The molecule has 1 aliphatic rings. The Morgan fingerprint density at radius 2 is 2.22 bits per heavy atom. The van der Waals surface area contributed by atoms with Crippen LogP contribution in [0.5, 0.6) is 0 Å². The molecule has 5 nitrogen and oxygen atoms in total. The van der Waals surface area contributed by atoms with Gasteiger partial charge in [-0.3, -0.25) is 9.89 Å². The van der Waals surface area contributed by atoms with E-state index in [1.165, 1.54) is 0 Å². The summed E-state index contributed by atoms with van der Waals surface area (Å²) in [5.41, 5.74) is 6.84. The van der Waals surface area contributed by atoms with Crippen LogP contribution >= 0.6 is 0 Å².